The van der Waals surface area contributed by atoms with E-state index in [1.807, 2.05) is 13.8 Å². The molecule has 0 radical (unpaired) electrons. The van der Waals surface area contributed by atoms with Gasteiger partial charge in [-0.3, -0.25) is 9.59 Å². The van der Waals surface area contributed by atoms with Crippen molar-refractivity contribution < 1.29 is 14.7 Å². The van der Waals surface area contributed by atoms with E-state index in [1.54, 1.807) is 0 Å². The van der Waals surface area contributed by atoms with Gasteiger partial charge in [0, 0.05) is 12.5 Å². The van der Waals surface area contributed by atoms with Gasteiger partial charge in [-0.15, -0.1) is 0 Å². The Labute approximate surface area is 102 Å². The lowest BCUT2D eigenvalue weighted by molar-refractivity contribution is -0.140. The molecular formula is C12H22N2O3. The predicted molar refractivity (Wildman–Crippen MR) is 64.7 cm³/mol. The van der Waals surface area contributed by atoms with Crippen LogP contribution < -0.4 is 10.6 Å². The molecule has 98 valence electrons. The Morgan fingerprint density at radius 1 is 1.35 bits per heavy atom. The Kier molecular flexibility index (Phi) is 5.41. The molecule has 0 heterocycles. The maximum absolute atomic E-state index is 11.4. The molecule has 1 aliphatic rings. The number of carbonyl (C=O) groups is 2. The average molecular weight is 242 g/mol. The van der Waals surface area contributed by atoms with E-state index in [9.17, 15) is 9.59 Å². The van der Waals surface area contributed by atoms with Crippen LogP contribution in [0.1, 0.15) is 39.5 Å². The number of carboxylic acids is 1. The zero-order chi connectivity index (χ0) is 12.8. The summed E-state index contributed by atoms with van der Waals surface area (Å²) >= 11 is 0. The maximum Gasteiger partial charge on any atom is 0.320 e. The minimum absolute atomic E-state index is 0.0489. The summed E-state index contributed by atoms with van der Waals surface area (Å²) in [7, 11) is 0. The molecule has 5 heteroatoms. The molecule has 0 aromatic rings. The summed E-state index contributed by atoms with van der Waals surface area (Å²) in [5.74, 6) is -0.707. The molecule has 1 unspecified atom stereocenters. The van der Waals surface area contributed by atoms with Crippen LogP contribution in [0.3, 0.4) is 0 Å². The third kappa shape index (κ3) is 5.68. The molecule has 5 nitrogen and oxygen atoms in total. The molecule has 1 aliphatic carbocycles. The molecule has 0 saturated heterocycles. The van der Waals surface area contributed by atoms with Crippen molar-refractivity contribution in [2.45, 2.75) is 51.6 Å². The van der Waals surface area contributed by atoms with Gasteiger partial charge in [0.15, 0.2) is 0 Å². The first-order chi connectivity index (χ1) is 8.00. The molecule has 17 heavy (non-hydrogen) atoms. The normalized spacial score (nSPS) is 16.9. The first-order valence-corrected chi connectivity index (χ1v) is 6.26. The first kappa shape index (κ1) is 14.0. The first-order valence-electron chi connectivity index (χ1n) is 6.26. The van der Waals surface area contributed by atoms with Crippen molar-refractivity contribution in [1.82, 2.24) is 10.6 Å². The second-order valence-corrected chi connectivity index (χ2v) is 4.96. The Bertz CT molecular complexity index is 275. The molecule has 3 N–H and O–H groups in total. The Morgan fingerprint density at radius 3 is 2.47 bits per heavy atom. The van der Waals surface area contributed by atoms with Crippen LogP contribution in [0.25, 0.3) is 0 Å². The van der Waals surface area contributed by atoms with Gasteiger partial charge in [0.25, 0.3) is 0 Å². The quantitative estimate of drug-likeness (QED) is 0.549. The monoisotopic (exact) mass is 242 g/mol. The summed E-state index contributed by atoms with van der Waals surface area (Å²) in [6.45, 7) is 4.30. The summed E-state index contributed by atoms with van der Waals surface area (Å²) < 4.78 is 0. The Hall–Kier alpha value is -1.10. The van der Waals surface area contributed by atoms with E-state index < -0.39 is 12.0 Å². The molecular weight excluding hydrogens is 220 g/mol. The molecule has 0 aliphatic heterocycles. The standard InChI is InChI=1S/C12H22N2O3/c1-8(2)11(12(16)17)13-7-3-4-10(15)14-9-5-6-9/h8-9,11,13H,3-7H2,1-2H3,(H,14,15)(H,16,17). The number of nitrogens with one attached hydrogen (secondary N) is 2. The number of hydrogen-bond acceptors (Lipinski definition) is 3. The lowest BCUT2D eigenvalue weighted by atomic mass is 10.0. The summed E-state index contributed by atoms with van der Waals surface area (Å²) in [5.41, 5.74) is 0. The molecule has 1 fully saturated rings. The van der Waals surface area contributed by atoms with Crippen LogP contribution in [0, 0.1) is 5.92 Å². The minimum Gasteiger partial charge on any atom is -0.480 e. The largest absolute Gasteiger partial charge is 0.480 e. The van der Waals surface area contributed by atoms with Crippen molar-refractivity contribution >= 4 is 11.9 Å². The molecule has 0 aromatic heterocycles. The lowest BCUT2D eigenvalue weighted by Crippen LogP contribution is -2.41. The highest BCUT2D eigenvalue weighted by atomic mass is 16.4. The second kappa shape index (κ2) is 6.59. The van der Waals surface area contributed by atoms with E-state index in [2.05, 4.69) is 10.6 Å². The molecule has 1 saturated carbocycles. The van der Waals surface area contributed by atoms with Crippen LogP contribution in [0.5, 0.6) is 0 Å². The molecule has 0 aromatic carbocycles. The van der Waals surface area contributed by atoms with Gasteiger partial charge in [-0.05, 0) is 31.7 Å². The van der Waals surface area contributed by atoms with Gasteiger partial charge < -0.3 is 15.7 Å². The number of aliphatic carboxylic acids is 1. The third-order valence-electron chi connectivity index (χ3n) is 2.82. The van der Waals surface area contributed by atoms with Gasteiger partial charge in [-0.2, -0.15) is 0 Å². The van der Waals surface area contributed by atoms with E-state index in [0.717, 1.165) is 12.8 Å². The number of carboxylic acid groups (broad SMARTS) is 1. The zero-order valence-corrected chi connectivity index (χ0v) is 10.5. The predicted octanol–water partition coefficient (Wildman–Crippen LogP) is 0.744. The molecule has 0 bridgehead atoms. The third-order valence-corrected chi connectivity index (χ3v) is 2.82. The highest BCUT2D eigenvalue weighted by Crippen LogP contribution is 2.18. The maximum atomic E-state index is 11.4. The Morgan fingerprint density at radius 2 is 2.00 bits per heavy atom. The lowest BCUT2D eigenvalue weighted by Gasteiger charge is -2.17. The van der Waals surface area contributed by atoms with Crippen LogP contribution >= 0.6 is 0 Å². The van der Waals surface area contributed by atoms with Crippen molar-refractivity contribution in [3.05, 3.63) is 0 Å². The van der Waals surface area contributed by atoms with Crippen molar-refractivity contribution in [2.24, 2.45) is 5.92 Å². The number of hydrogen-bond donors (Lipinski definition) is 3. The average Bonchev–Trinajstić information content (AvgIpc) is 3.00. The van der Waals surface area contributed by atoms with Gasteiger partial charge >= 0.3 is 5.97 Å². The van der Waals surface area contributed by atoms with E-state index in [4.69, 9.17) is 5.11 Å². The van der Waals surface area contributed by atoms with Gasteiger partial charge in [0.1, 0.15) is 6.04 Å². The summed E-state index contributed by atoms with van der Waals surface area (Å²) in [5, 5.41) is 14.8. The number of carbonyl (C=O) groups excluding carboxylic acids is 1. The fourth-order valence-electron chi connectivity index (χ4n) is 1.64. The van der Waals surface area contributed by atoms with Crippen molar-refractivity contribution in [3.8, 4) is 0 Å². The second-order valence-electron chi connectivity index (χ2n) is 4.96. The van der Waals surface area contributed by atoms with Gasteiger partial charge in [-0.25, -0.2) is 0 Å². The topological polar surface area (TPSA) is 78.4 Å². The van der Waals surface area contributed by atoms with Gasteiger partial charge in [0.2, 0.25) is 5.91 Å². The molecule has 1 atom stereocenters. The summed E-state index contributed by atoms with van der Waals surface area (Å²) in [4.78, 5) is 22.2. The van der Waals surface area contributed by atoms with Crippen molar-refractivity contribution in [1.29, 1.82) is 0 Å². The van der Waals surface area contributed by atoms with E-state index in [1.165, 1.54) is 0 Å². The van der Waals surface area contributed by atoms with Crippen LogP contribution in [-0.4, -0.2) is 35.6 Å². The van der Waals surface area contributed by atoms with Crippen LogP contribution in [0.15, 0.2) is 0 Å². The smallest absolute Gasteiger partial charge is 0.320 e. The zero-order valence-electron chi connectivity index (χ0n) is 10.5. The Balaban J connectivity index is 2.08. The van der Waals surface area contributed by atoms with Gasteiger partial charge in [0.05, 0.1) is 0 Å². The number of amides is 1. The van der Waals surface area contributed by atoms with Crippen LogP contribution in [0.2, 0.25) is 0 Å². The van der Waals surface area contributed by atoms with Crippen LogP contribution in [0.4, 0.5) is 0 Å². The fraction of sp³-hybridized carbons (Fsp3) is 0.833. The van der Waals surface area contributed by atoms with E-state index in [-0.39, 0.29) is 11.8 Å². The SMILES string of the molecule is CC(C)C(NCCCC(=O)NC1CC1)C(=O)O. The number of rotatable bonds is 8. The highest BCUT2D eigenvalue weighted by Gasteiger charge is 2.23. The summed E-state index contributed by atoms with van der Waals surface area (Å²) in [6, 6.07) is -0.126. The fourth-order valence-corrected chi connectivity index (χ4v) is 1.64. The van der Waals surface area contributed by atoms with Gasteiger partial charge in [-0.1, -0.05) is 13.8 Å². The van der Waals surface area contributed by atoms with E-state index in [0.29, 0.717) is 25.4 Å². The molecule has 1 rings (SSSR count). The van der Waals surface area contributed by atoms with Crippen LogP contribution in [-0.2, 0) is 9.59 Å². The minimum atomic E-state index is -0.831. The van der Waals surface area contributed by atoms with Crippen molar-refractivity contribution in [2.75, 3.05) is 6.54 Å². The highest BCUT2D eigenvalue weighted by molar-refractivity contribution is 5.76. The molecule has 1 amide bonds. The summed E-state index contributed by atoms with van der Waals surface area (Å²) in [6.07, 6.45) is 3.33. The van der Waals surface area contributed by atoms with E-state index >= 15 is 0 Å². The molecule has 0 spiro atoms. The van der Waals surface area contributed by atoms with Crippen molar-refractivity contribution in [3.63, 3.8) is 0 Å².